The highest BCUT2D eigenvalue weighted by Crippen LogP contribution is 2.36. The van der Waals surface area contributed by atoms with Gasteiger partial charge in [-0.15, -0.1) is 0 Å². The highest BCUT2D eigenvalue weighted by Gasteiger charge is 2.38. The Kier molecular flexibility index (Phi) is 9.11. The number of hydrogen-bond donors (Lipinski definition) is 0. The van der Waals surface area contributed by atoms with Gasteiger partial charge in [-0.25, -0.2) is 0 Å². The van der Waals surface area contributed by atoms with Crippen LogP contribution in [0.4, 0.5) is 0 Å². The fraction of sp³-hybridized carbons (Fsp3) is 1.00. The Bertz CT molecular complexity index is 476. The molecule has 0 atom stereocenters. The first-order chi connectivity index (χ1) is 14.3. The van der Waals surface area contributed by atoms with E-state index in [0.717, 1.165) is 29.6 Å². The molecule has 3 fully saturated rings. The standard InChI is InChI=1S/C27H53N3/c1-22(2)24-8-16-28(17-9-24)14-7-15-29-18-12-26(13-19-29)27(5,6)30-20-10-25(11-21-30)23(3)4/h22-26H,7-21H2,1-6H3. The van der Waals surface area contributed by atoms with Gasteiger partial charge in [0.15, 0.2) is 0 Å². The highest BCUT2D eigenvalue weighted by molar-refractivity contribution is 4.93. The Labute approximate surface area is 188 Å². The van der Waals surface area contributed by atoms with E-state index in [1.807, 2.05) is 0 Å². The highest BCUT2D eigenvalue weighted by atomic mass is 15.2. The van der Waals surface area contributed by atoms with E-state index in [0.29, 0.717) is 5.54 Å². The van der Waals surface area contributed by atoms with E-state index in [1.165, 1.54) is 97.3 Å². The van der Waals surface area contributed by atoms with Crippen molar-refractivity contribution in [2.24, 2.45) is 29.6 Å². The normalized spacial score (nSPS) is 25.6. The molecule has 3 rings (SSSR count). The monoisotopic (exact) mass is 419 g/mol. The molecule has 3 saturated heterocycles. The summed E-state index contributed by atoms with van der Waals surface area (Å²) < 4.78 is 0. The largest absolute Gasteiger partial charge is 0.303 e. The van der Waals surface area contributed by atoms with Crippen LogP contribution in [0.3, 0.4) is 0 Å². The summed E-state index contributed by atoms with van der Waals surface area (Å²) in [5.74, 6) is 4.54. The summed E-state index contributed by atoms with van der Waals surface area (Å²) in [4.78, 5) is 8.33. The molecule has 0 saturated carbocycles. The molecule has 0 spiro atoms. The van der Waals surface area contributed by atoms with Gasteiger partial charge in [0.2, 0.25) is 0 Å². The van der Waals surface area contributed by atoms with Crippen molar-refractivity contribution < 1.29 is 0 Å². The third kappa shape index (κ3) is 6.45. The maximum absolute atomic E-state index is 2.84. The van der Waals surface area contributed by atoms with Gasteiger partial charge >= 0.3 is 0 Å². The van der Waals surface area contributed by atoms with E-state index in [2.05, 4.69) is 56.2 Å². The van der Waals surface area contributed by atoms with E-state index < -0.39 is 0 Å². The molecule has 0 aromatic heterocycles. The van der Waals surface area contributed by atoms with E-state index in [1.54, 1.807) is 0 Å². The van der Waals surface area contributed by atoms with E-state index in [4.69, 9.17) is 0 Å². The summed E-state index contributed by atoms with van der Waals surface area (Å²) in [6, 6.07) is 0. The summed E-state index contributed by atoms with van der Waals surface area (Å²) >= 11 is 0. The van der Waals surface area contributed by atoms with Crippen molar-refractivity contribution >= 4 is 0 Å². The van der Waals surface area contributed by atoms with Crippen LogP contribution in [0.25, 0.3) is 0 Å². The van der Waals surface area contributed by atoms with Gasteiger partial charge in [0.1, 0.15) is 0 Å². The zero-order valence-corrected chi connectivity index (χ0v) is 21.3. The minimum absolute atomic E-state index is 0.384. The Morgan fingerprint density at radius 1 is 0.633 bits per heavy atom. The van der Waals surface area contributed by atoms with Gasteiger partial charge < -0.3 is 9.80 Å². The average molecular weight is 420 g/mol. The van der Waals surface area contributed by atoms with Crippen molar-refractivity contribution in [3.63, 3.8) is 0 Å². The minimum Gasteiger partial charge on any atom is -0.303 e. The quantitative estimate of drug-likeness (QED) is 0.507. The average Bonchev–Trinajstić information content (AvgIpc) is 2.74. The molecule has 0 radical (unpaired) electrons. The van der Waals surface area contributed by atoms with E-state index >= 15 is 0 Å². The predicted octanol–water partition coefficient (Wildman–Crippen LogP) is 5.60. The van der Waals surface area contributed by atoms with Crippen molar-refractivity contribution in [2.75, 3.05) is 52.4 Å². The second-order valence-corrected chi connectivity index (χ2v) is 12.1. The zero-order chi connectivity index (χ0) is 21.7. The molecule has 3 nitrogen and oxygen atoms in total. The molecule has 0 N–H and O–H groups in total. The summed E-state index contributed by atoms with van der Waals surface area (Å²) in [5, 5.41) is 0. The SMILES string of the molecule is CC(C)C1CCN(CCCN2CCC(C(C)(C)N3CCC(C(C)C)CC3)CC2)CC1. The number of nitrogens with zero attached hydrogens (tertiary/aromatic N) is 3. The van der Waals surface area contributed by atoms with Gasteiger partial charge in [-0.05, 0) is 141 Å². The van der Waals surface area contributed by atoms with Crippen LogP contribution < -0.4 is 0 Å². The zero-order valence-electron chi connectivity index (χ0n) is 21.3. The molecule has 0 bridgehead atoms. The molecule has 3 heteroatoms. The van der Waals surface area contributed by atoms with Crippen LogP contribution in [0.1, 0.15) is 86.5 Å². The lowest BCUT2D eigenvalue weighted by Gasteiger charge is -2.50. The smallest absolute Gasteiger partial charge is 0.0182 e. The van der Waals surface area contributed by atoms with Gasteiger partial charge in [-0.1, -0.05) is 27.7 Å². The van der Waals surface area contributed by atoms with E-state index in [9.17, 15) is 0 Å². The molecule has 176 valence electrons. The van der Waals surface area contributed by atoms with Gasteiger partial charge in [0.25, 0.3) is 0 Å². The fourth-order valence-electron chi connectivity index (χ4n) is 6.62. The van der Waals surface area contributed by atoms with Crippen LogP contribution in [0.2, 0.25) is 0 Å². The number of hydrogen-bond acceptors (Lipinski definition) is 3. The van der Waals surface area contributed by atoms with Crippen LogP contribution in [0.5, 0.6) is 0 Å². The van der Waals surface area contributed by atoms with Crippen LogP contribution in [0.15, 0.2) is 0 Å². The van der Waals surface area contributed by atoms with Crippen LogP contribution in [-0.2, 0) is 0 Å². The molecule has 0 aliphatic carbocycles. The third-order valence-electron chi connectivity index (χ3n) is 9.41. The van der Waals surface area contributed by atoms with Crippen molar-refractivity contribution in [1.82, 2.24) is 14.7 Å². The maximum Gasteiger partial charge on any atom is 0.0182 e. The third-order valence-corrected chi connectivity index (χ3v) is 9.41. The molecule has 3 aliphatic rings. The molecule has 30 heavy (non-hydrogen) atoms. The molecule has 3 aliphatic heterocycles. The lowest BCUT2D eigenvalue weighted by Crippen LogP contribution is -2.55. The van der Waals surface area contributed by atoms with Crippen molar-refractivity contribution in [2.45, 2.75) is 92.0 Å². The number of piperidine rings is 3. The van der Waals surface area contributed by atoms with Gasteiger partial charge in [-0.2, -0.15) is 0 Å². The first-order valence-corrected chi connectivity index (χ1v) is 13.5. The fourth-order valence-corrected chi connectivity index (χ4v) is 6.62. The first kappa shape index (κ1) is 24.5. The molecule has 0 aromatic rings. The molecule has 0 unspecified atom stereocenters. The first-order valence-electron chi connectivity index (χ1n) is 13.5. The second kappa shape index (κ2) is 11.1. The lowest BCUT2D eigenvalue weighted by atomic mass is 9.77. The lowest BCUT2D eigenvalue weighted by molar-refractivity contribution is -0.000515. The molecule has 3 heterocycles. The van der Waals surface area contributed by atoms with Gasteiger partial charge in [-0.3, -0.25) is 4.90 Å². The summed E-state index contributed by atoms with van der Waals surface area (Å²) in [5.41, 5.74) is 0.384. The number of rotatable bonds is 8. The van der Waals surface area contributed by atoms with Crippen molar-refractivity contribution in [1.29, 1.82) is 0 Å². The maximum atomic E-state index is 2.84. The number of likely N-dealkylation sites (tertiary alicyclic amines) is 3. The summed E-state index contributed by atoms with van der Waals surface area (Å²) in [7, 11) is 0. The molecule has 0 aromatic carbocycles. The minimum atomic E-state index is 0.384. The van der Waals surface area contributed by atoms with Gasteiger partial charge in [0.05, 0.1) is 0 Å². The Morgan fingerprint density at radius 3 is 1.47 bits per heavy atom. The summed E-state index contributed by atoms with van der Waals surface area (Å²) in [6.45, 7) is 25.3. The van der Waals surface area contributed by atoms with Crippen LogP contribution in [0, 0.1) is 29.6 Å². The molecular formula is C27H53N3. The van der Waals surface area contributed by atoms with Gasteiger partial charge in [0, 0.05) is 5.54 Å². The predicted molar refractivity (Wildman–Crippen MR) is 131 cm³/mol. The topological polar surface area (TPSA) is 9.72 Å². The van der Waals surface area contributed by atoms with E-state index in [-0.39, 0.29) is 0 Å². The Morgan fingerprint density at radius 2 is 1.03 bits per heavy atom. The van der Waals surface area contributed by atoms with Crippen LogP contribution in [-0.4, -0.2) is 72.6 Å². The molecular weight excluding hydrogens is 366 g/mol. The van der Waals surface area contributed by atoms with Crippen LogP contribution >= 0.6 is 0 Å². The van der Waals surface area contributed by atoms with Crippen molar-refractivity contribution in [3.8, 4) is 0 Å². The Balaban J connectivity index is 1.33. The summed E-state index contributed by atoms with van der Waals surface area (Å²) in [6.07, 6.45) is 9.83. The Hall–Kier alpha value is -0.120. The van der Waals surface area contributed by atoms with Crippen molar-refractivity contribution in [3.05, 3.63) is 0 Å². The second-order valence-electron chi connectivity index (χ2n) is 12.1. The molecule has 0 amide bonds.